The molecule has 0 aliphatic rings. The molecule has 0 unspecified atom stereocenters. The van der Waals surface area contributed by atoms with E-state index in [4.69, 9.17) is 4.74 Å². The van der Waals surface area contributed by atoms with Crippen molar-refractivity contribution in [2.45, 2.75) is 20.0 Å². The van der Waals surface area contributed by atoms with E-state index in [0.29, 0.717) is 18.8 Å². The molecule has 0 aliphatic heterocycles. The van der Waals surface area contributed by atoms with Crippen LogP contribution in [0.2, 0.25) is 0 Å². The lowest BCUT2D eigenvalue weighted by Crippen LogP contribution is -2.38. The summed E-state index contributed by atoms with van der Waals surface area (Å²) in [5.41, 5.74) is 1.88. The largest absolute Gasteiger partial charge is 0.504 e. The highest BCUT2D eigenvalue weighted by Crippen LogP contribution is 2.26. The number of rotatable bonds is 6. The Morgan fingerprint density at radius 3 is 2.48 bits per heavy atom. The molecule has 0 atom stereocenters. The molecule has 2 aromatic carbocycles. The van der Waals surface area contributed by atoms with Gasteiger partial charge in [-0.25, -0.2) is 9.38 Å². The van der Waals surface area contributed by atoms with E-state index < -0.39 is 0 Å². The van der Waals surface area contributed by atoms with Crippen molar-refractivity contribution in [3.8, 4) is 11.5 Å². The fourth-order valence-corrected chi connectivity index (χ4v) is 2.41. The lowest BCUT2D eigenvalue weighted by atomic mass is 10.2. The van der Waals surface area contributed by atoms with Crippen LogP contribution in [0.25, 0.3) is 0 Å². The zero-order chi connectivity index (χ0) is 18.2. The number of methoxy groups -OCH3 is 1. The molecule has 2 rings (SSSR count). The van der Waals surface area contributed by atoms with Gasteiger partial charge in [-0.15, -0.1) is 0 Å². The lowest BCUT2D eigenvalue weighted by Gasteiger charge is -2.22. The third kappa shape index (κ3) is 5.38. The topological polar surface area (TPSA) is 57.1 Å². The minimum atomic E-state index is -0.244. The molecule has 0 heterocycles. The number of nitrogens with zero attached hydrogens (tertiary/aromatic N) is 2. The molecule has 0 saturated heterocycles. The van der Waals surface area contributed by atoms with Crippen molar-refractivity contribution in [3.05, 3.63) is 59.4 Å². The van der Waals surface area contributed by atoms with E-state index in [2.05, 4.69) is 10.3 Å². The minimum absolute atomic E-state index is 0.0971. The Morgan fingerprint density at radius 2 is 1.88 bits per heavy atom. The maximum atomic E-state index is 13.0. The van der Waals surface area contributed by atoms with E-state index in [1.165, 1.54) is 19.2 Å². The van der Waals surface area contributed by atoms with Gasteiger partial charge in [0.1, 0.15) is 5.82 Å². The van der Waals surface area contributed by atoms with Crippen LogP contribution >= 0.6 is 0 Å². The summed E-state index contributed by atoms with van der Waals surface area (Å²) in [6.45, 7) is 3.77. The number of nitrogens with one attached hydrogen (secondary N) is 1. The number of phenols is 1. The highest BCUT2D eigenvalue weighted by atomic mass is 19.1. The fourth-order valence-electron chi connectivity index (χ4n) is 2.41. The predicted octanol–water partition coefficient (Wildman–Crippen LogP) is 3.14. The highest BCUT2D eigenvalue weighted by molar-refractivity contribution is 5.79. The zero-order valence-electron chi connectivity index (χ0n) is 14.8. The van der Waals surface area contributed by atoms with Crippen molar-refractivity contribution in [1.29, 1.82) is 0 Å². The Kier molecular flexibility index (Phi) is 6.62. The second-order valence-corrected chi connectivity index (χ2v) is 5.66. The number of benzene rings is 2. The molecule has 25 heavy (non-hydrogen) atoms. The molecule has 2 N–H and O–H groups in total. The van der Waals surface area contributed by atoms with Gasteiger partial charge >= 0.3 is 0 Å². The number of halogens is 1. The third-order valence-corrected chi connectivity index (χ3v) is 3.68. The van der Waals surface area contributed by atoms with Crippen LogP contribution in [0, 0.1) is 5.82 Å². The van der Waals surface area contributed by atoms with Crippen LogP contribution in [0.5, 0.6) is 11.5 Å². The van der Waals surface area contributed by atoms with E-state index in [1.807, 2.05) is 24.9 Å². The number of ether oxygens (including phenoxy) is 1. The average molecular weight is 345 g/mol. The normalized spacial score (nSPS) is 11.3. The van der Waals surface area contributed by atoms with Crippen LogP contribution in [0.15, 0.2) is 47.5 Å². The summed E-state index contributed by atoms with van der Waals surface area (Å²) < 4.78 is 18.1. The summed E-state index contributed by atoms with van der Waals surface area (Å²) >= 11 is 0. The standard InChI is InChI=1S/C19H24FN3O2/c1-4-21-19(23(2)13-14-5-8-16(20)9-6-14)22-12-15-7-10-18(25-3)17(24)11-15/h5-11,24H,4,12-13H2,1-3H3,(H,21,22). The highest BCUT2D eigenvalue weighted by Gasteiger charge is 2.08. The molecule has 0 bridgehead atoms. The molecule has 0 aromatic heterocycles. The molecule has 0 saturated carbocycles. The molecule has 0 amide bonds. The van der Waals surface area contributed by atoms with Crippen molar-refractivity contribution < 1.29 is 14.2 Å². The summed E-state index contributed by atoms with van der Waals surface area (Å²) in [6.07, 6.45) is 0. The van der Waals surface area contributed by atoms with E-state index >= 15 is 0 Å². The molecule has 2 aromatic rings. The minimum Gasteiger partial charge on any atom is -0.504 e. The maximum absolute atomic E-state index is 13.0. The first-order valence-corrected chi connectivity index (χ1v) is 8.13. The van der Waals surface area contributed by atoms with E-state index in [-0.39, 0.29) is 11.6 Å². The first-order valence-electron chi connectivity index (χ1n) is 8.13. The van der Waals surface area contributed by atoms with Crippen LogP contribution < -0.4 is 10.1 Å². The van der Waals surface area contributed by atoms with Gasteiger partial charge in [-0.1, -0.05) is 18.2 Å². The SMILES string of the molecule is CCNC(=NCc1ccc(OC)c(O)c1)N(C)Cc1ccc(F)cc1. The number of aromatic hydroxyl groups is 1. The van der Waals surface area contributed by atoms with Gasteiger partial charge in [-0.3, -0.25) is 0 Å². The van der Waals surface area contributed by atoms with Crippen LogP contribution in [0.1, 0.15) is 18.1 Å². The summed E-state index contributed by atoms with van der Waals surface area (Å²) in [6, 6.07) is 11.7. The van der Waals surface area contributed by atoms with E-state index in [9.17, 15) is 9.50 Å². The van der Waals surface area contributed by atoms with Gasteiger partial charge in [0.25, 0.3) is 0 Å². The maximum Gasteiger partial charge on any atom is 0.194 e. The summed E-state index contributed by atoms with van der Waals surface area (Å²) in [7, 11) is 3.44. The Labute approximate surface area is 147 Å². The van der Waals surface area contributed by atoms with Crippen molar-refractivity contribution >= 4 is 5.96 Å². The zero-order valence-corrected chi connectivity index (χ0v) is 14.8. The quantitative estimate of drug-likeness (QED) is 0.624. The van der Waals surface area contributed by atoms with Crippen LogP contribution in [0.3, 0.4) is 0 Å². The summed E-state index contributed by atoms with van der Waals surface area (Å²) in [4.78, 5) is 6.57. The number of hydrogen-bond acceptors (Lipinski definition) is 3. The molecule has 134 valence electrons. The van der Waals surface area contributed by atoms with Crippen molar-refractivity contribution in [2.75, 3.05) is 20.7 Å². The molecule has 0 radical (unpaired) electrons. The van der Waals surface area contributed by atoms with Gasteiger partial charge in [0.05, 0.1) is 13.7 Å². The van der Waals surface area contributed by atoms with E-state index in [1.54, 1.807) is 24.3 Å². The van der Waals surface area contributed by atoms with Gasteiger partial charge in [-0.05, 0) is 42.3 Å². The Balaban J connectivity index is 2.08. The Hall–Kier alpha value is -2.76. The Bertz CT molecular complexity index is 717. The van der Waals surface area contributed by atoms with Crippen molar-refractivity contribution in [1.82, 2.24) is 10.2 Å². The molecular weight excluding hydrogens is 321 g/mol. The van der Waals surface area contributed by atoms with Crippen LogP contribution in [-0.4, -0.2) is 36.7 Å². The molecule has 0 fully saturated rings. The van der Waals surface area contributed by atoms with Gasteiger partial charge in [0, 0.05) is 20.1 Å². The molecule has 6 heteroatoms. The molecule has 0 spiro atoms. The van der Waals surface area contributed by atoms with E-state index in [0.717, 1.165) is 23.6 Å². The first-order chi connectivity index (χ1) is 12.0. The number of phenolic OH excluding ortho intramolecular Hbond substituents is 1. The van der Waals surface area contributed by atoms with Crippen LogP contribution in [-0.2, 0) is 13.1 Å². The summed E-state index contributed by atoms with van der Waals surface area (Å²) in [5, 5.41) is 13.1. The number of hydrogen-bond donors (Lipinski definition) is 2. The summed E-state index contributed by atoms with van der Waals surface area (Å²) in [5.74, 6) is 1.03. The van der Waals surface area contributed by atoms with Gasteiger partial charge < -0.3 is 20.1 Å². The van der Waals surface area contributed by atoms with Gasteiger partial charge in [0.2, 0.25) is 0 Å². The lowest BCUT2D eigenvalue weighted by molar-refractivity contribution is 0.373. The second-order valence-electron chi connectivity index (χ2n) is 5.66. The van der Waals surface area contributed by atoms with Crippen molar-refractivity contribution in [2.24, 2.45) is 4.99 Å². The predicted molar refractivity (Wildman–Crippen MR) is 97.3 cm³/mol. The van der Waals surface area contributed by atoms with Gasteiger partial charge in [-0.2, -0.15) is 0 Å². The fraction of sp³-hybridized carbons (Fsp3) is 0.316. The molecular formula is C19H24FN3O2. The smallest absolute Gasteiger partial charge is 0.194 e. The molecule has 5 nitrogen and oxygen atoms in total. The Morgan fingerprint density at radius 1 is 1.20 bits per heavy atom. The third-order valence-electron chi connectivity index (χ3n) is 3.68. The van der Waals surface area contributed by atoms with Gasteiger partial charge in [0.15, 0.2) is 17.5 Å². The first kappa shape index (κ1) is 18.6. The average Bonchev–Trinajstić information content (AvgIpc) is 2.60. The molecule has 0 aliphatic carbocycles. The monoisotopic (exact) mass is 345 g/mol. The number of aliphatic imine (C=N–C) groups is 1. The second kappa shape index (κ2) is 8.92. The number of guanidine groups is 1. The van der Waals surface area contributed by atoms with Crippen molar-refractivity contribution in [3.63, 3.8) is 0 Å². The van der Waals surface area contributed by atoms with Crippen LogP contribution in [0.4, 0.5) is 4.39 Å².